The van der Waals surface area contributed by atoms with Crippen molar-refractivity contribution < 1.29 is 0 Å². The molecule has 1 aromatic carbocycles. The molecule has 1 aromatic rings. The first kappa shape index (κ1) is 9.72. The van der Waals surface area contributed by atoms with E-state index < -0.39 is 0 Å². The first-order valence-corrected chi connectivity index (χ1v) is 5.52. The molecule has 0 saturated heterocycles. The van der Waals surface area contributed by atoms with Crippen LogP contribution in [0.15, 0.2) is 18.2 Å². The standard InChI is InChI=1S/C13H19N/c1-9-3-5-11-6-4-10(2)8-13(14)12(11)7-9/h3,5,7,10,13H,4,6,8,14H2,1-2H3. The minimum atomic E-state index is 0.252. The van der Waals surface area contributed by atoms with Gasteiger partial charge < -0.3 is 5.73 Å². The van der Waals surface area contributed by atoms with Crippen molar-refractivity contribution in [1.29, 1.82) is 0 Å². The Hall–Kier alpha value is -0.820. The van der Waals surface area contributed by atoms with Crippen LogP contribution in [0, 0.1) is 12.8 Å². The van der Waals surface area contributed by atoms with E-state index in [2.05, 4.69) is 32.0 Å². The molecule has 2 N–H and O–H groups in total. The quantitative estimate of drug-likeness (QED) is 0.624. The Labute approximate surface area is 86.3 Å². The van der Waals surface area contributed by atoms with Crippen molar-refractivity contribution in [2.75, 3.05) is 0 Å². The van der Waals surface area contributed by atoms with Crippen LogP contribution in [0.3, 0.4) is 0 Å². The highest BCUT2D eigenvalue weighted by atomic mass is 14.6. The van der Waals surface area contributed by atoms with Gasteiger partial charge in [0.1, 0.15) is 0 Å². The summed E-state index contributed by atoms with van der Waals surface area (Å²) in [5.74, 6) is 0.762. The van der Waals surface area contributed by atoms with Crippen molar-refractivity contribution in [3.05, 3.63) is 34.9 Å². The SMILES string of the molecule is Cc1ccc2c(c1)C(N)CC(C)CC2. The Morgan fingerprint density at radius 1 is 1.36 bits per heavy atom. The maximum atomic E-state index is 6.21. The molecule has 0 aromatic heterocycles. The lowest BCUT2D eigenvalue weighted by atomic mass is 9.96. The minimum Gasteiger partial charge on any atom is -0.324 e. The van der Waals surface area contributed by atoms with E-state index in [0.29, 0.717) is 0 Å². The van der Waals surface area contributed by atoms with Gasteiger partial charge in [0.25, 0.3) is 0 Å². The smallest absolute Gasteiger partial charge is 0.0300 e. The first-order chi connectivity index (χ1) is 6.66. The van der Waals surface area contributed by atoms with Gasteiger partial charge >= 0.3 is 0 Å². The highest BCUT2D eigenvalue weighted by molar-refractivity contribution is 5.34. The molecule has 0 radical (unpaired) electrons. The van der Waals surface area contributed by atoms with Gasteiger partial charge in [0.05, 0.1) is 0 Å². The summed E-state index contributed by atoms with van der Waals surface area (Å²) in [4.78, 5) is 0. The van der Waals surface area contributed by atoms with Crippen LogP contribution in [-0.4, -0.2) is 0 Å². The lowest BCUT2D eigenvalue weighted by Crippen LogP contribution is -2.12. The normalized spacial score (nSPS) is 26.8. The highest BCUT2D eigenvalue weighted by Crippen LogP contribution is 2.30. The molecular formula is C13H19N. The monoisotopic (exact) mass is 189 g/mol. The fourth-order valence-electron chi connectivity index (χ4n) is 2.37. The highest BCUT2D eigenvalue weighted by Gasteiger charge is 2.18. The zero-order valence-corrected chi connectivity index (χ0v) is 9.09. The van der Waals surface area contributed by atoms with E-state index in [0.717, 1.165) is 12.3 Å². The predicted molar refractivity (Wildman–Crippen MR) is 60.2 cm³/mol. The molecule has 0 aliphatic heterocycles. The van der Waals surface area contributed by atoms with Crippen LogP contribution in [-0.2, 0) is 6.42 Å². The average Bonchev–Trinajstić information content (AvgIpc) is 2.27. The molecule has 1 aliphatic carbocycles. The fourth-order valence-corrected chi connectivity index (χ4v) is 2.37. The van der Waals surface area contributed by atoms with Crippen LogP contribution in [0.1, 0.15) is 42.5 Å². The molecule has 0 amide bonds. The molecule has 1 nitrogen and oxygen atoms in total. The Kier molecular flexibility index (Phi) is 2.60. The Morgan fingerprint density at radius 3 is 2.93 bits per heavy atom. The van der Waals surface area contributed by atoms with Gasteiger partial charge in [0.15, 0.2) is 0 Å². The molecule has 1 aliphatic rings. The summed E-state index contributed by atoms with van der Waals surface area (Å²) in [6, 6.07) is 6.96. The number of benzene rings is 1. The van der Waals surface area contributed by atoms with Crippen LogP contribution in [0.25, 0.3) is 0 Å². The van der Waals surface area contributed by atoms with Crippen molar-refractivity contribution in [1.82, 2.24) is 0 Å². The van der Waals surface area contributed by atoms with Gasteiger partial charge in [-0.2, -0.15) is 0 Å². The molecule has 0 bridgehead atoms. The molecule has 0 spiro atoms. The molecule has 0 heterocycles. The average molecular weight is 189 g/mol. The zero-order valence-electron chi connectivity index (χ0n) is 9.09. The second-order valence-electron chi connectivity index (χ2n) is 4.69. The number of hydrogen-bond acceptors (Lipinski definition) is 1. The van der Waals surface area contributed by atoms with Gasteiger partial charge in [-0.1, -0.05) is 30.7 Å². The van der Waals surface area contributed by atoms with Crippen molar-refractivity contribution in [2.45, 2.75) is 39.2 Å². The summed E-state index contributed by atoms with van der Waals surface area (Å²) >= 11 is 0. The summed E-state index contributed by atoms with van der Waals surface area (Å²) < 4.78 is 0. The summed E-state index contributed by atoms with van der Waals surface area (Å²) in [5.41, 5.74) is 10.4. The molecule has 76 valence electrons. The van der Waals surface area contributed by atoms with Gasteiger partial charge in [0, 0.05) is 6.04 Å². The van der Waals surface area contributed by atoms with Crippen LogP contribution in [0.5, 0.6) is 0 Å². The van der Waals surface area contributed by atoms with E-state index in [9.17, 15) is 0 Å². The van der Waals surface area contributed by atoms with Crippen LogP contribution < -0.4 is 5.73 Å². The van der Waals surface area contributed by atoms with Crippen molar-refractivity contribution >= 4 is 0 Å². The van der Waals surface area contributed by atoms with E-state index in [1.165, 1.54) is 29.5 Å². The molecule has 0 saturated carbocycles. The Morgan fingerprint density at radius 2 is 2.14 bits per heavy atom. The van der Waals surface area contributed by atoms with Crippen molar-refractivity contribution in [2.24, 2.45) is 11.7 Å². The van der Waals surface area contributed by atoms with Gasteiger partial charge in [-0.25, -0.2) is 0 Å². The van der Waals surface area contributed by atoms with Crippen molar-refractivity contribution in [3.63, 3.8) is 0 Å². The molecule has 2 unspecified atom stereocenters. The topological polar surface area (TPSA) is 26.0 Å². The minimum absolute atomic E-state index is 0.252. The maximum absolute atomic E-state index is 6.21. The van der Waals surface area contributed by atoms with Crippen LogP contribution in [0.4, 0.5) is 0 Å². The number of aryl methyl sites for hydroxylation is 2. The molecule has 2 atom stereocenters. The Balaban J connectivity index is 2.39. The van der Waals surface area contributed by atoms with Crippen LogP contribution in [0.2, 0.25) is 0 Å². The fraction of sp³-hybridized carbons (Fsp3) is 0.538. The third-order valence-corrected chi connectivity index (χ3v) is 3.26. The lowest BCUT2D eigenvalue weighted by Gasteiger charge is -2.14. The second-order valence-corrected chi connectivity index (χ2v) is 4.69. The first-order valence-electron chi connectivity index (χ1n) is 5.52. The third kappa shape index (κ3) is 1.83. The Bertz CT molecular complexity index is 330. The predicted octanol–water partition coefficient (Wildman–Crippen LogP) is 2.97. The zero-order chi connectivity index (χ0) is 10.1. The summed E-state index contributed by atoms with van der Waals surface area (Å²) in [6.45, 7) is 4.44. The van der Waals surface area contributed by atoms with Crippen LogP contribution >= 0.6 is 0 Å². The second kappa shape index (κ2) is 3.74. The van der Waals surface area contributed by atoms with Gasteiger partial charge in [-0.05, 0) is 43.2 Å². The van der Waals surface area contributed by atoms with Gasteiger partial charge in [-0.3, -0.25) is 0 Å². The largest absolute Gasteiger partial charge is 0.324 e. The number of rotatable bonds is 0. The molecule has 14 heavy (non-hydrogen) atoms. The molecular weight excluding hydrogens is 170 g/mol. The number of nitrogens with two attached hydrogens (primary N) is 1. The third-order valence-electron chi connectivity index (χ3n) is 3.26. The van der Waals surface area contributed by atoms with E-state index >= 15 is 0 Å². The van der Waals surface area contributed by atoms with E-state index in [1.807, 2.05) is 0 Å². The summed E-state index contributed by atoms with van der Waals surface area (Å²) in [6.07, 6.45) is 3.62. The van der Waals surface area contributed by atoms with Gasteiger partial charge in [0.2, 0.25) is 0 Å². The maximum Gasteiger partial charge on any atom is 0.0300 e. The van der Waals surface area contributed by atoms with E-state index in [4.69, 9.17) is 5.73 Å². The number of hydrogen-bond donors (Lipinski definition) is 1. The molecule has 2 rings (SSSR count). The lowest BCUT2D eigenvalue weighted by molar-refractivity contribution is 0.464. The van der Waals surface area contributed by atoms with Crippen molar-refractivity contribution in [3.8, 4) is 0 Å². The van der Waals surface area contributed by atoms with E-state index in [-0.39, 0.29) is 6.04 Å². The molecule has 0 fully saturated rings. The van der Waals surface area contributed by atoms with Gasteiger partial charge in [-0.15, -0.1) is 0 Å². The summed E-state index contributed by atoms with van der Waals surface area (Å²) in [5, 5.41) is 0. The summed E-state index contributed by atoms with van der Waals surface area (Å²) in [7, 11) is 0. The van der Waals surface area contributed by atoms with E-state index in [1.54, 1.807) is 0 Å². The number of fused-ring (bicyclic) bond motifs is 1. The molecule has 1 heteroatoms.